The number of benzene rings is 1. The fourth-order valence-electron chi connectivity index (χ4n) is 4.09. The maximum atomic E-state index is 12.3. The Hall–Kier alpha value is -2.18. The summed E-state index contributed by atoms with van der Waals surface area (Å²) < 4.78 is 5.48. The van der Waals surface area contributed by atoms with Crippen LogP contribution in [-0.2, 0) is 35.5 Å². The van der Waals surface area contributed by atoms with Gasteiger partial charge in [-0.25, -0.2) is 0 Å². The summed E-state index contributed by atoms with van der Waals surface area (Å²) in [4.78, 5) is 14.7. The van der Waals surface area contributed by atoms with E-state index in [-0.39, 0.29) is 12.0 Å². The molecule has 1 atom stereocenters. The van der Waals surface area contributed by atoms with E-state index in [9.17, 15) is 4.79 Å². The summed E-state index contributed by atoms with van der Waals surface area (Å²) >= 11 is 0. The molecule has 1 unspecified atom stereocenters. The van der Waals surface area contributed by atoms with Gasteiger partial charge in [0.1, 0.15) is 6.10 Å². The van der Waals surface area contributed by atoms with Crippen molar-refractivity contribution in [2.45, 2.75) is 58.7 Å². The Morgan fingerprint density at radius 3 is 3.04 bits per heavy atom. The van der Waals surface area contributed by atoms with Crippen LogP contribution in [0.4, 0.5) is 5.69 Å². The molecule has 2 aliphatic heterocycles. The first-order valence-corrected chi connectivity index (χ1v) is 10.4. The fourth-order valence-corrected chi connectivity index (χ4v) is 4.09. The molecular formula is C22H30N4O2. The summed E-state index contributed by atoms with van der Waals surface area (Å²) in [6, 6.07) is 8.46. The van der Waals surface area contributed by atoms with Gasteiger partial charge in [-0.2, -0.15) is 5.10 Å². The van der Waals surface area contributed by atoms with Crippen LogP contribution in [0.2, 0.25) is 0 Å². The van der Waals surface area contributed by atoms with E-state index in [0.717, 1.165) is 56.7 Å². The standard InChI is InChI=1S/C22H30N4O2/c1-15(2)10-19-12-20(25-24-19)14-26-8-7-16-5-6-18(11-17(16)13-26)23-22(27)21-4-3-9-28-21/h5-6,11-12,15,21H,3-4,7-10,13-14H2,1-2H3,(H,23,27)(H,24,25). The normalized spacial score (nSPS) is 19.8. The maximum Gasteiger partial charge on any atom is 0.253 e. The Balaban J connectivity index is 1.38. The average molecular weight is 383 g/mol. The zero-order chi connectivity index (χ0) is 19.5. The van der Waals surface area contributed by atoms with Crippen LogP contribution in [0.25, 0.3) is 0 Å². The van der Waals surface area contributed by atoms with Crippen molar-refractivity contribution in [2.24, 2.45) is 5.92 Å². The van der Waals surface area contributed by atoms with E-state index >= 15 is 0 Å². The number of aromatic amines is 1. The third-order valence-electron chi connectivity index (χ3n) is 5.48. The topological polar surface area (TPSA) is 70.2 Å². The third-order valence-corrected chi connectivity index (χ3v) is 5.48. The maximum absolute atomic E-state index is 12.3. The van der Waals surface area contributed by atoms with Gasteiger partial charge in [-0.1, -0.05) is 19.9 Å². The Labute approximate surface area is 166 Å². The van der Waals surface area contributed by atoms with E-state index in [4.69, 9.17) is 4.74 Å². The molecule has 1 aromatic heterocycles. The SMILES string of the molecule is CC(C)Cc1cc(CN2CCc3ccc(NC(=O)C4CCCO4)cc3C2)[nH]n1. The lowest BCUT2D eigenvalue weighted by atomic mass is 9.98. The molecule has 2 aliphatic rings. The number of nitrogens with zero attached hydrogens (tertiary/aromatic N) is 2. The number of amides is 1. The van der Waals surface area contributed by atoms with Gasteiger partial charge in [0.2, 0.25) is 0 Å². The highest BCUT2D eigenvalue weighted by atomic mass is 16.5. The first-order chi connectivity index (χ1) is 13.6. The monoisotopic (exact) mass is 382 g/mol. The summed E-state index contributed by atoms with van der Waals surface area (Å²) in [7, 11) is 0. The van der Waals surface area contributed by atoms with Crippen molar-refractivity contribution in [3.05, 3.63) is 46.8 Å². The lowest BCUT2D eigenvalue weighted by Gasteiger charge is -2.28. The van der Waals surface area contributed by atoms with E-state index in [1.165, 1.54) is 16.8 Å². The van der Waals surface area contributed by atoms with Crippen molar-refractivity contribution in [3.63, 3.8) is 0 Å². The van der Waals surface area contributed by atoms with Crippen LogP contribution in [0.5, 0.6) is 0 Å². The third kappa shape index (κ3) is 4.62. The second-order valence-electron chi connectivity index (χ2n) is 8.42. The largest absolute Gasteiger partial charge is 0.368 e. The molecule has 1 amide bonds. The second-order valence-corrected chi connectivity index (χ2v) is 8.42. The van der Waals surface area contributed by atoms with Crippen LogP contribution in [-0.4, -0.2) is 40.3 Å². The van der Waals surface area contributed by atoms with Gasteiger partial charge in [0.05, 0.1) is 5.69 Å². The van der Waals surface area contributed by atoms with Crippen LogP contribution < -0.4 is 5.32 Å². The summed E-state index contributed by atoms with van der Waals surface area (Å²) in [6.07, 6.45) is 3.51. The first kappa shape index (κ1) is 19.2. The number of H-pyrrole nitrogens is 1. The lowest BCUT2D eigenvalue weighted by molar-refractivity contribution is -0.124. The number of carbonyl (C=O) groups excluding carboxylic acids is 1. The Kier molecular flexibility index (Phi) is 5.78. The number of hydrogen-bond donors (Lipinski definition) is 2. The molecule has 1 saturated heterocycles. The number of aromatic nitrogens is 2. The lowest BCUT2D eigenvalue weighted by Crippen LogP contribution is -2.30. The van der Waals surface area contributed by atoms with Crippen molar-refractivity contribution < 1.29 is 9.53 Å². The van der Waals surface area contributed by atoms with Crippen LogP contribution in [0, 0.1) is 5.92 Å². The number of anilines is 1. The fraction of sp³-hybridized carbons (Fsp3) is 0.545. The van der Waals surface area contributed by atoms with E-state index in [2.05, 4.69) is 52.5 Å². The number of rotatable bonds is 6. The van der Waals surface area contributed by atoms with Gasteiger partial charge in [-0.15, -0.1) is 0 Å². The minimum absolute atomic E-state index is 0.0275. The molecule has 28 heavy (non-hydrogen) atoms. The average Bonchev–Trinajstić information content (AvgIpc) is 3.33. The highest BCUT2D eigenvalue weighted by Crippen LogP contribution is 2.24. The number of hydrogen-bond acceptors (Lipinski definition) is 4. The van der Waals surface area contributed by atoms with Crippen molar-refractivity contribution in [2.75, 3.05) is 18.5 Å². The van der Waals surface area contributed by atoms with Gasteiger partial charge in [-0.05, 0) is 60.9 Å². The number of nitrogens with one attached hydrogen (secondary N) is 2. The van der Waals surface area contributed by atoms with Crippen molar-refractivity contribution >= 4 is 11.6 Å². The van der Waals surface area contributed by atoms with Crippen molar-refractivity contribution in [1.29, 1.82) is 0 Å². The minimum Gasteiger partial charge on any atom is -0.368 e. The molecule has 1 aromatic carbocycles. The molecule has 6 heteroatoms. The van der Waals surface area contributed by atoms with Crippen LogP contribution in [0.15, 0.2) is 24.3 Å². The number of ether oxygens (including phenoxy) is 1. The van der Waals surface area contributed by atoms with Gasteiger partial charge in [0, 0.05) is 37.6 Å². The predicted octanol–water partition coefficient (Wildman–Crippen LogP) is 3.28. The second kappa shape index (κ2) is 8.45. The molecule has 0 bridgehead atoms. The minimum atomic E-state index is -0.298. The number of carbonyl (C=O) groups is 1. The van der Waals surface area contributed by atoms with E-state index in [1.807, 2.05) is 6.07 Å². The van der Waals surface area contributed by atoms with Gasteiger partial charge < -0.3 is 10.1 Å². The quantitative estimate of drug-likeness (QED) is 0.804. The zero-order valence-corrected chi connectivity index (χ0v) is 16.8. The van der Waals surface area contributed by atoms with E-state index in [0.29, 0.717) is 12.5 Å². The highest BCUT2D eigenvalue weighted by molar-refractivity contribution is 5.94. The molecule has 0 spiro atoms. The van der Waals surface area contributed by atoms with Crippen LogP contribution >= 0.6 is 0 Å². The summed E-state index contributed by atoms with van der Waals surface area (Å²) in [5.74, 6) is 0.585. The van der Waals surface area contributed by atoms with Gasteiger partial charge in [0.25, 0.3) is 5.91 Å². The first-order valence-electron chi connectivity index (χ1n) is 10.4. The Morgan fingerprint density at radius 2 is 2.25 bits per heavy atom. The summed E-state index contributed by atoms with van der Waals surface area (Å²) in [5, 5.41) is 10.6. The molecule has 6 nitrogen and oxygen atoms in total. The zero-order valence-electron chi connectivity index (χ0n) is 16.8. The molecule has 150 valence electrons. The summed E-state index contributed by atoms with van der Waals surface area (Å²) in [5.41, 5.74) is 5.83. The van der Waals surface area contributed by atoms with Gasteiger partial charge in [0.15, 0.2) is 0 Å². The molecule has 2 aromatic rings. The molecular weight excluding hydrogens is 352 g/mol. The molecule has 2 N–H and O–H groups in total. The van der Waals surface area contributed by atoms with Crippen molar-refractivity contribution in [3.8, 4) is 0 Å². The molecule has 0 aliphatic carbocycles. The Bertz CT molecular complexity index is 824. The van der Waals surface area contributed by atoms with Crippen LogP contribution in [0.3, 0.4) is 0 Å². The molecule has 0 radical (unpaired) electrons. The molecule has 3 heterocycles. The number of fused-ring (bicyclic) bond motifs is 1. The summed E-state index contributed by atoms with van der Waals surface area (Å²) in [6.45, 7) is 7.90. The van der Waals surface area contributed by atoms with E-state index < -0.39 is 0 Å². The van der Waals surface area contributed by atoms with Crippen molar-refractivity contribution in [1.82, 2.24) is 15.1 Å². The van der Waals surface area contributed by atoms with Gasteiger partial charge in [-0.3, -0.25) is 14.8 Å². The molecule has 1 fully saturated rings. The predicted molar refractivity (Wildman–Crippen MR) is 109 cm³/mol. The smallest absolute Gasteiger partial charge is 0.253 e. The van der Waals surface area contributed by atoms with Gasteiger partial charge >= 0.3 is 0 Å². The molecule has 0 saturated carbocycles. The highest BCUT2D eigenvalue weighted by Gasteiger charge is 2.24. The molecule has 4 rings (SSSR count). The van der Waals surface area contributed by atoms with Crippen LogP contribution in [0.1, 0.15) is 49.2 Å². The van der Waals surface area contributed by atoms with E-state index in [1.54, 1.807) is 0 Å². The Morgan fingerprint density at radius 1 is 1.36 bits per heavy atom.